The molecular formula is C16H19N3O3S. The van der Waals surface area contributed by atoms with Crippen LogP contribution in [0.4, 0.5) is 5.69 Å². The molecule has 0 unspecified atom stereocenters. The zero-order valence-corrected chi connectivity index (χ0v) is 13.9. The van der Waals surface area contributed by atoms with E-state index in [1.165, 1.54) is 6.92 Å². The standard InChI is InChI=1S/C16H19N3O3S/c1-11-10-23-16(22)19(11)8-7-15(21)17-9-13-3-5-14(6-4-13)18-12(2)20/h3-6,10H,7-9H2,1-2H3,(H,17,21)(H,18,20). The Morgan fingerprint density at radius 2 is 1.91 bits per heavy atom. The van der Waals surface area contributed by atoms with Gasteiger partial charge in [0, 0.05) is 43.2 Å². The van der Waals surface area contributed by atoms with Crippen LogP contribution in [0.25, 0.3) is 0 Å². The van der Waals surface area contributed by atoms with Crippen LogP contribution in [0, 0.1) is 6.92 Å². The van der Waals surface area contributed by atoms with Crippen LogP contribution in [-0.4, -0.2) is 16.4 Å². The fourth-order valence-corrected chi connectivity index (χ4v) is 2.85. The van der Waals surface area contributed by atoms with Crippen molar-refractivity contribution < 1.29 is 9.59 Å². The van der Waals surface area contributed by atoms with Crippen LogP contribution in [0.1, 0.15) is 24.6 Å². The lowest BCUT2D eigenvalue weighted by Crippen LogP contribution is -2.26. The summed E-state index contributed by atoms with van der Waals surface area (Å²) in [5.74, 6) is -0.224. The summed E-state index contributed by atoms with van der Waals surface area (Å²) in [5.41, 5.74) is 2.54. The lowest BCUT2D eigenvalue weighted by molar-refractivity contribution is -0.121. The summed E-state index contributed by atoms with van der Waals surface area (Å²) in [6.07, 6.45) is 0.265. The van der Waals surface area contributed by atoms with Crippen LogP contribution < -0.4 is 15.5 Å². The first-order valence-electron chi connectivity index (χ1n) is 7.24. The number of carbonyl (C=O) groups excluding carboxylic acids is 2. The maximum atomic E-state index is 11.9. The van der Waals surface area contributed by atoms with E-state index >= 15 is 0 Å². The molecule has 2 rings (SSSR count). The van der Waals surface area contributed by atoms with E-state index < -0.39 is 0 Å². The molecule has 6 nitrogen and oxygen atoms in total. The van der Waals surface area contributed by atoms with E-state index in [4.69, 9.17) is 0 Å². The molecule has 1 heterocycles. The Morgan fingerprint density at radius 1 is 1.22 bits per heavy atom. The highest BCUT2D eigenvalue weighted by molar-refractivity contribution is 7.07. The third kappa shape index (κ3) is 5.07. The molecule has 0 atom stereocenters. The number of nitrogens with one attached hydrogen (secondary N) is 2. The van der Waals surface area contributed by atoms with Gasteiger partial charge < -0.3 is 15.2 Å². The Hall–Kier alpha value is -2.41. The Kier molecular flexibility index (Phi) is 5.70. The van der Waals surface area contributed by atoms with Gasteiger partial charge in [0.1, 0.15) is 0 Å². The number of aryl methyl sites for hydroxylation is 1. The largest absolute Gasteiger partial charge is 0.352 e. The van der Waals surface area contributed by atoms with Crippen LogP contribution in [0.5, 0.6) is 0 Å². The summed E-state index contributed by atoms with van der Waals surface area (Å²) in [5, 5.41) is 7.30. The molecule has 0 aliphatic heterocycles. The SMILES string of the molecule is CC(=O)Nc1ccc(CNC(=O)CCn2c(C)csc2=O)cc1. The van der Waals surface area contributed by atoms with Gasteiger partial charge in [-0.25, -0.2) is 0 Å². The predicted octanol–water partition coefficient (Wildman–Crippen LogP) is 1.88. The molecule has 0 saturated carbocycles. The molecule has 7 heteroatoms. The Balaban J connectivity index is 1.80. The van der Waals surface area contributed by atoms with Crippen LogP contribution in [0.2, 0.25) is 0 Å². The zero-order valence-electron chi connectivity index (χ0n) is 13.1. The fourth-order valence-electron chi connectivity index (χ4n) is 2.09. The van der Waals surface area contributed by atoms with Crippen molar-refractivity contribution in [3.8, 4) is 0 Å². The van der Waals surface area contributed by atoms with Gasteiger partial charge in [-0.1, -0.05) is 23.5 Å². The third-order valence-electron chi connectivity index (χ3n) is 3.30. The van der Waals surface area contributed by atoms with Crippen LogP contribution in [0.3, 0.4) is 0 Å². The van der Waals surface area contributed by atoms with Crippen LogP contribution in [-0.2, 0) is 22.7 Å². The summed E-state index contributed by atoms with van der Waals surface area (Å²) < 4.78 is 1.60. The first-order valence-corrected chi connectivity index (χ1v) is 8.12. The Labute approximate surface area is 138 Å². The molecular weight excluding hydrogens is 314 g/mol. The zero-order chi connectivity index (χ0) is 16.8. The first-order chi connectivity index (χ1) is 11.0. The molecule has 122 valence electrons. The quantitative estimate of drug-likeness (QED) is 0.847. The van der Waals surface area contributed by atoms with Gasteiger partial charge >= 0.3 is 4.87 Å². The van der Waals surface area contributed by atoms with Crippen molar-refractivity contribution >= 4 is 28.8 Å². The van der Waals surface area contributed by atoms with Gasteiger partial charge in [-0.05, 0) is 24.6 Å². The smallest absolute Gasteiger partial charge is 0.307 e. The van der Waals surface area contributed by atoms with E-state index in [1.54, 1.807) is 22.1 Å². The van der Waals surface area contributed by atoms with Crippen molar-refractivity contribution in [1.29, 1.82) is 0 Å². The second-order valence-corrected chi connectivity index (χ2v) is 6.02. The molecule has 0 spiro atoms. The monoisotopic (exact) mass is 333 g/mol. The molecule has 0 aliphatic carbocycles. The van der Waals surface area contributed by atoms with Crippen LogP contribution >= 0.6 is 11.3 Å². The van der Waals surface area contributed by atoms with Gasteiger partial charge in [-0.3, -0.25) is 14.4 Å². The molecule has 0 bridgehead atoms. The molecule has 1 aromatic heterocycles. The van der Waals surface area contributed by atoms with Gasteiger partial charge in [0.25, 0.3) is 0 Å². The number of rotatable bonds is 6. The molecule has 2 amide bonds. The fraction of sp³-hybridized carbons (Fsp3) is 0.312. The first kappa shape index (κ1) is 17.0. The van der Waals surface area contributed by atoms with E-state index in [2.05, 4.69) is 10.6 Å². The topological polar surface area (TPSA) is 80.2 Å². The maximum Gasteiger partial charge on any atom is 0.307 e. The number of hydrogen-bond donors (Lipinski definition) is 2. The Bertz CT molecular complexity index is 747. The number of thiazole rings is 1. The number of aromatic nitrogens is 1. The summed E-state index contributed by atoms with van der Waals surface area (Å²) in [6, 6.07) is 7.27. The van der Waals surface area contributed by atoms with Crippen LogP contribution in [0.15, 0.2) is 34.4 Å². The average molecular weight is 333 g/mol. The highest BCUT2D eigenvalue weighted by Crippen LogP contribution is 2.09. The second kappa shape index (κ2) is 7.73. The summed E-state index contributed by atoms with van der Waals surface area (Å²) in [4.78, 5) is 34.3. The third-order valence-corrected chi connectivity index (χ3v) is 4.18. The summed E-state index contributed by atoms with van der Waals surface area (Å²) in [7, 11) is 0. The number of nitrogens with zero attached hydrogens (tertiary/aromatic N) is 1. The van der Waals surface area contributed by atoms with Crippen molar-refractivity contribution in [3.05, 3.63) is 50.6 Å². The molecule has 0 aliphatic rings. The second-order valence-electron chi connectivity index (χ2n) is 5.20. The van der Waals surface area contributed by atoms with Gasteiger partial charge in [-0.15, -0.1) is 0 Å². The van der Waals surface area contributed by atoms with Gasteiger partial charge in [0.15, 0.2) is 0 Å². The molecule has 23 heavy (non-hydrogen) atoms. The van der Waals surface area contributed by atoms with E-state index in [0.717, 1.165) is 28.3 Å². The maximum absolute atomic E-state index is 11.9. The lowest BCUT2D eigenvalue weighted by atomic mass is 10.2. The molecule has 1 aromatic carbocycles. The van der Waals surface area contributed by atoms with Crippen molar-refractivity contribution in [2.75, 3.05) is 5.32 Å². The molecule has 0 saturated heterocycles. The van der Waals surface area contributed by atoms with Gasteiger partial charge in [-0.2, -0.15) is 0 Å². The molecule has 2 aromatic rings. The predicted molar refractivity (Wildman–Crippen MR) is 90.5 cm³/mol. The lowest BCUT2D eigenvalue weighted by Gasteiger charge is -2.08. The van der Waals surface area contributed by atoms with Crippen molar-refractivity contribution in [1.82, 2.24) is 9.88 Å². The van der Waals surface area contributed by atoms with Crippen molar-refractivity contribution in [2.45, 2.75) is 33.4 Å². The molecule has 0 fully saturated rings. The van der Waals surface area contributed by atoms with Crippen molar-refractivity contribution in [3.63, 3.8) is 0 Å². The van der Waals surface area contributed by atoms with E-state index in [0.29, 0.717) is 13.1 Å². The van der Waals surface area contributed by atoms with Crippen molar-refractivity contribution in [2.24, 2.45) is 0 Å². The molecule has 0 radical (unpaired) electrons. The van der Waals surface area contributed by atoms with Gasteiger partial charge in [0.05, 0.1) is 0 Å². The van der Waals surface area contributed by atoms with Gasteiger partial charge in [0.2, 0.25) is 11.8 Å². The minimum absolute atomic E-state index is 0.0381. The summed E-state index contributed by atoms with van der Waals surface area (Å²) >= 11 is 1.14. The highest BCUT2D eigenvalue weighted by Gasteiger charge is 2.06. The number of anilines is 1. The minimum atomic E-state index is -0.120. The number of hydrogen-bond acceptors (Lipinski definition) is 4. The number of carbonyl (C=O) groups is 2. The number of benzene rings is 1. The number of amides is 2. The van der Waals surface area contributed by atoms with E-state index in [9.17, 15) is 14.4 Å². The summed E-state index contributed by atoms with van der Waals surface area (Å²) in [6.45, 7) is 4.11. The molecule has 2 N–H and O–H groups in total. The Morgan fingerprint density at radius 3 is 2.48 bits per heavy atom. The van der Waals surface area contributed by atoms with E-state index in [-0.39, 0.29) is 23.1 Å². The van der Waals surface area contributed by atoms with E-state index in [1.807, 2.05) is 19.1 Å². The normalized spacial score (nSPS) is 10.3. The minimum Gasteiger partial charge on any atom is -0.352 e. The highest BCUT2D eigenvalue weighted by atomic mass is 32.1. The average Bonchev–Trinajstić information content (AvgIpc) is 2.83.